The minimum absolute atomic E-state index is 0.395. The Kier molecular flexibility index (Phi) is 3.87. The third-order valence-electron chi connectivity index (χ3n) is 4.50. The highest BCUT2D eigenvalue weighted by molar-refractivity contribution is 5.05. The van der Waals surface area contributed by atoms with Crippen molar-refractivity contribution in [2.75, 3.05) is 6.54 Å². The first-order valence-corrected chi connectivity index (χ1v) is 6.88. The van der Waals surface area contributed by atoms with Crippen molar-refractivity contribution in [3.05, 3.63) is 18.0 Å². The van der Waals surface area contributed by atoms with Crippen LogP contribution in [-0.2, 0) is 7.05 Å². The van der Waals surface area contributed by atoms with Gasteiger partial charge in [-0.05, 0) is 37.7 Å². The number of aryl methyl sites for hydroxylation is 1. The van der Waals surface area contributed by atoms with Gasteiger partial charge in [0.1, 0.15) is 0 Å². The summed E-state index contributed by atoms with van der Waals surface area (Å²) in [6.45, 7) is 5.72. The maximum absolute atomic E-state index is 4.23. The van der Waals surface area contributed by atoms with E-state index >= 15 is 0 Å². The summed E-state index contributed by atoms with van der Waals surface area (Å²) in [5.74, 6) is 0. The monoisotopic (exact) mass is 235 g/mol. The van der Waals surface area contributed by atoms with Crippen molar-refractivity contribution < 1.29 is 0 Å². The van der Waals surface area contributed by atoms with E-state index in [-0.39, 0.29) is 0 Å². The molecule has 96 valence electrons. The molecule has 1 aliphatic carbocycles. The van der Waals surface area contributed by atoms with E-state index in [9.17, 15) is 0 Å². The average Bonchev–Trinajstić information content (AvgIpc) is 2.95. The fraction of sp³-hybridized carbons (Fsp3) is 0.786. The molecule has 0 bridgehead atoms. The van der Waals surface area contributed by atoms with Crippen molar-refractivity contribution in [3.63, 3.8) is 0 Å². The zero-order valence-electron chi connectivity index (χ0n) is 11.4. The summed E-state index contributed by atoms with van der Waals surface area (Å²) < 4.78 is 1.96. The quantitative estimate of drug-likeness (QED) is 0.850. The van der Waals surface area contributed by atoms with Gasteiger partial charge in [-0.1, -0.05) is 19.8 Å². The smallest absolute Gasteiger partial charge is 0.0547 e. The topological polar surface area (TPSA) is 29.9 Å². The number of hydrogen-bond acceptors (Lipinski definition) is 2. The summed E-state index contributed by atoms with van der Waals surface area (Å²) in [5.41, 5.74) is 1.83. The van der Waals surface area contributed by atoms with Crippen LogP contribution in [-0.4, -0.2) is 16.3 Å². The molecule has 1 N–H and O–H groups in total. The van der Waals surface area contributed by atoms with Gasteiger partial charge in [-0.2, -0.15) is 5.10 Å². The Bertz CT molecular complexity index is 350. The molecule has 0 radical (unpaired) electrons. The van der Waals surface area contributed by atoms with Gasteiger partial charge in [0.2, 0.25) is 0 Å². The minimum Gasteiger partial charge on any atom is -0.308 e. The van der Waals surface area contributed by atoms with E-state index in [1.165, 1.54) is 37.8 Å². The normalized spacial score (nSPS) is 20.6. The van der Waals surface area contributed by atoms with Crippen LogP contribution in [0.3, 0.4) is 0 Å². The molecule has 1 heterocycles. The van der Waals surface area contributed by atoms with Gasteiger partial charge in [-0.15, -0.1) is 0 Å². The van der Waals surface area contributed by atoms with E-state index in [2.05, 4.69) is 30.3 Å². The second kappa shape index (κ2) is 5.21. The van der Waals surface area contributed by atoms with Gasteiger partial charge < -0.3 is 5.32 Å². The van der Waals surface area contributed by atoms with Crippen LogP contribution in [0.4, 0.5) is 0 Å². The van der Waals surface area contributed by atoms with Crippen LogP contribution in [0.25, 0.3) is 0 Å². The van der Waals surface area contributed by atoms with E-state index < -0.39 is 0 Å². The fourth-order valence-corrected chi connectivity index (χ4v) is 3.06. The molecule has 3 nitrogen and oxygen atoms in total. The van der Waals surface area contributed by atoms with Crippen LogP contribution in [0, 0.1) is 5.41 Å². The number of hydrogen-bond donors (Lipinski definition) is 1. The van der Waals surface area contributed by atoms with Crippen LogP contribution in [0.15, 0.2) is 12.3 Å². The Balaban J connectivity index is 1.91. The molecule has 1 aromatic heterocycles. The maximum Gasteiger partial charge on any atom is 0.0547 e. The van der Waals surface area contributed by atoms with Crippen LogP contribution in [0.5, 0.6) is 0 Å². The average molecular weight is 235 g/mol. The summed E-state index contributed by atoms with van der Waals surface area (Å²) in [5, 5.41) is 7.93. The summed E-state index contributed by atoms with van der Waals surface area (Å²) in [6, 6.07) is 2.50. The maximum atomic E-state index is 4.23. The van der Waals surface area contributed by atoms with Crippen molar-refractivity contribution >= 4 is 0 Å². The van der Waals surface area contributed by atoms with Gasteiger partial charge in [0.05, 0.1) is 5.69 Å². The highest BCUT2D eigenvalue weighted by atomic mass is 15.3. The van der Waals surface area contributed by atoms with E-state index in [1.807, 2.05) is 17.9 Å². The molecule has 0 amide bonds. The van der Waals surface area contributed by atoms with Crippen molar-refractivity contribution in [1.29, 1.82) is 0 Å². The molecule has 3 heteroatoms. The lowest BCUT2D eigenvalue weighted by molar-refractivity contribution is 0.257. The Hall–Kier alpha value is -0.830. The second-order valence-corrected chi connectivity index (χ2v) is 5.54. The number of nitrogens with one attached hydrogen (secondary N) is 1. The Morgan fingerprint density at radius 1 is 1.47 bits per heavy atom. The highest BCUT2D eigenvalue weighted by Gasteiger charge is 2.32. The Labute approximate surface area is 105 Å². The van der Waals surface area contributed by atoms with Crippen molar-refractivity contribution in [1.82, 2.24) is 15.1 Å². The van der Waals surface area contributed by atoms with Gasteiger partial charge in [0.15, 0.2) is 0 Å². The van der Waals surface area contributed by atoms with Crippen molar-refractivity contribution in [3.8, 4) is 0 Å². The van der Waals surface area contributed by atoms with E-state index in [4.69, 9.17) is 0 Å². The predicted molar refractivity (Wildman–Crippen MR) is 70.8 cm³/mol. The lowest BCUT2D eigenvalue weighted by atomic mass is 9.83. The first-order chi connectivity index (χ1) is 8.17. The summed E-state index contributed by atoms with van der Waals surface area (Å²) in [6.07, 6.45) is 8.80. The summed E-state index contributed by atoms with van der Waals surface area (Å²) in [4.78, 5) is 0. The van der Waals surface area contributed by atoms with Crippen molar-refractivity contribution in [2.45, 2.75) is 52.0 Å². The standard InChI is InChI=1S/C14H25N3/c1-4-14(8-5-6-9-14)11-15-12(2)13-7-10-16-17(13)3/h7,10,12,15H,4-6,8-9,11H2,1-3H3. The van der Waals surface area contributed by atoms with Crippen LogP contribution in [0.2, 0.25) is 0 Å². The molecule has 1 atom stereocenters. The Morgan fingerprint density at radius 3 is 2.71 bits per heavy atom. The van der Waals surface area contributed by atoms with Crippen LogP contribution < -0.4 is 5.32 Å². The molecule has 1 unspecified atom stereocenters. The first kappa shape index (κ1) is 12.6. The zero-order chi connectivity index (χ0) is 12.3. The van der Waals surface area contributed by atoms with Crippen molar-refractivity contribution in [2.24, 2.45) is 12.5 Å². The molecular weight excluding hydrogens is 210 g/mol. The fourth-order valence-electron chi connectivity index (χ4n) is 3.06. The van der Waals surface area contributed by atoms with E-state index in [0.717, 1.165) is 6.54 Å². The third kappa shape index (κ3) is 2.71. The van der Waals surface area contributed by atoms with Gasteiger partial charge in [0, 0.05) is 25.8 Å². The summed E-state index contributed by atoms with van der Waals surface area (Å²) in [7, 11) is 2.01. The van der Waals surface area contributed by atoms with Gasteiger partial charge in [-0.25, -0.2) is 0 Å². The Morgan fingerprint density at radius 2 is 2.18 bits per heavy atom. The van der Waals surface area contributed by atoms with Crippen LogP contribution in [0.1, 0.15) is 57.7 Å². The van der Waals surface area contributed by atoms with Crippen LogP contribution >= 0.6 is 0 Å². The predicted octanol–water partition coefficient (Wildman–Crippen LogP) is 3.04. The molecule has 1 aliphatic rings. The zero-order valence-corrected chi connectivity index (χ0v) is 11.4. The minimum atomic E-state index is 0.395. The third-order valence-corrected chi connectivity index (χ3v) is 4.50. The lowest BCUT2D eigenvalue weighted by Crippen LogP contribution is -2.33. The largest absolute Gasteiger partial charge is 0.308 e. The number of rotatable bonds is 5. The highest BCUT2D eigenvalue weighted by Crippen LogP contribution is 2.40. The van der Waals surface area contributed by atoms with E-state index in [1.54, 1.807) is 0 Å². The molecule has 17 heavy (non-hydrogen) atoms. The SMILES string of the molecule is CCC1(CNC(C)c2ccnn2C)CCCC1. The summed E-state index contributed by atoms with van der Waals surface area (Å²) >= 11 is 0. The lowest BCUT2D eigenvalue weighted by Gasteiger charge is -2.29. The molecule has 0 aromatic carbocycles. The first-order valence-electron chi connectivity index (χ1n) is 6.88. The molecule has 0 aliphatic heterocycles. The molecule has 0 spiro atoms. The second-order valence-electron chi connectivity index (χ2n) is 5.54. The molecule has 1 fully saturated rings. The molecular formula is C14H25N3. The van der Waals surface area contributed by atoms with Gasteiger partial charge in [0.25, 0.3) is 0 Å². The van der Waals surface area contributed by atoms with Gasteiger partial charge >= 0.3 is 0 Å². The molecule has 0 saturated heterocycles. The van der Waals surface area contributed by atoms with E-state index in [0.29, 0.717) is 11.5 Å². The molecule has 1 aromatic rings. The van der Waals surface area contributed by atoms with Gasteiger partial charge in [-0.3, -0.25) is 4.68 Å². The number of aromatic nitrogens is 2. The molecule has 2 rings (SSSR count). The molecule has 1 saturated carbocycles. The number of nitrogens with zero attached hydrogens (tertiary/aromatic N) is 2.